The molecule has 2 N–H and O–H groups in total. The van der Waals surface area contributed by atoms with Gasteiger partial charge in [0.15, 0.2) is 11.5 Å². The van der Waals surface area contributed by atoms with Crippen molar-refractivity contribution in [1.29, 1.82) is 0 Å². The summed E-state index contributed by atoms with van der Waals surface area (Å²) in [6, 6.07) is 12.3. The first kappa shape index (κ1) is 20.4. The molecule has 32 heavy (non-hydrogen) atoms. The fourth-order valence-electron chi connectivity index (χ4n) is 4.81. The third-order valence-electron chi connectivity index (χ3n) is 6.48. The molecule has 0 aromatic heterocycles. The third kappa shape index (κ3) is 3.36. The average Bonchev–Trinajstić information content (AvgIpc) is 3.28. The van der Waals surface area contributed by atoms with Gasteiger partial charge in [-0.2, -0.15) is 0 Å². The smallest absolute Gasteiger partial charge is 0.325 e. The van der Waals surface area contributed by atoms with Crippen LogP contribution in [0.25, 0.3) is 0 Å². The van der Waals surface area contributed by atoms with Gasteiger partial charge in [0.1, 0.15) is 12.1 Å². The molecular formula is C24H25N3O5. The maximum atomic E-state index is 13.5. The minimum Gasteiger partial charge on any atom is -0.454 e. The summed E-state index contributed by atoms with van der Waals surface area (Å²) in [6.07, 6.45) is 3.17. The lowest BCUT2D eigenvalue weighted by Gasteiger charge is -2.27. The van der Waals surface area contributed by atoms with Crippen LogP contribution in [0.3, 0.4) is 0 Å². The SMILES string of the molecule is C[C@H](NC(=O)CN1C(=O)N[C@]2(CCCCc3ccccc32)C1=O)c1ccc2c(c1)OCO2. The van der Waals surface area contributed by atoms with Crippen LogP contribution in [-0.2, 0) is 21.5 Å². The normalized spacial score (nSPS) is 22.3. The molecule has 1 aliphatic carbocycles. The number of nitrogens with zero attached hydrogens (tertiary/aromatic N) is 1. The lowest BCUT2D eigenvalue weighted by molar-refractivity contribution is -0.135. The number of ether oxygens (including phenoxy) is 2. The second-order valence-electron chi connectivity index (χ2n) is 8.49. The largest absolute Gasteiger partial charge is 0.454 e. The predicted octanol–water partition coefficient (Wildman–Crippen LogP) is 2.77. The van der Waals surface area contributed by atoms with Crippen LogP contribution in [0.15, 0.2) is 42.5 Å². The molecule has 5 rings (SSSR count). The quantitative estimate of drug-likeness (QED) is 0.720. The van der Waals surface area contributed by atoms with Crippen LogP contribution < -0.4 is 20.1 Å². The first-order valence-corrected chi connectivity index (χ1v) is 10.9. The number of fused-ring (bicyclic) bond motifs is 3. The first-order chi connectivity index (χ1) is 15.5. The molecule has 2 aromatic rings. The van der Waals surface area contributed by atoms with Crippen molar-refractivity contribution >= 4 is 17.8 Å². The Labute approximate surface area is 185 Å². The molecule has 0 saturated carbocycles. The molecule has 2 aromatic carbocycles. The highest BCUT2D eigenvalue weighted by molar-refractivity contribution is 6.09. The molecule has 3 aliphatic rings. The molecule has 8 nitrogen and oxygen atoms in total. The van der Waals surface area contributed by atoms with Gasteiger partial charge in [0, 0.05) is 0 Å². The highest BCUT2D eigenvalue weighted by Crippen LogP contribution is 2.39. The van der Waals surface area contributed by atoms with Crippen LogP contribution in [-0.4, -0.2) is 36.1 Å². The van der Waals surface area contributed by atoms with Crippen molar-refractivity contribution in [2.45, 2.75) is 44.2 Å². The van der Waals surface area contributed by atoms with E-state index >= 15 is 0 Å². The minimum absolute atomic E-state index is 0.177. The standard InChI is InChI=1S/C24H25N3O5/c1-15(17-9-10-19-20(12-17)32-14-31-19)25-21(28)13-27-22(29)24(26-23(27)30)11-5-4-7-16-6-2-3-8-18(16)24/h2-3,6,8-10,12,15H,4-5,7,11,13-14H2,1H3,(H,25,28)(H,26,30)/t15-,24-/m0/s1. The summed E-state index contributed by atoms with van der Waals surface area (Å²) in [4.78, 5) is 40.0. The van der Waals surface area contributed by atoms with Gasteiger partial charge >= 0.3 is 6.03 Å². The third-order valence-corrected chi connectivity index (χ3v) is 6.48. The highest BCUT2D eigenvalue weighted by Gasteiger charge is 2.53. The zero-order valence-corrected chi connectivity index (χ0v) is 17.8. The zero-order valence-electron chi connectivity index (χ0n) is 17.8. The number of hydrogen-bond acceptors (Lipinski definition) is 5. The van der Waals surface area contributed by atoms with Crippen LogP contribution in [0.5, 0.6) is 11.5 Å². The maximum absolute atomic E-state index is 13.5. The number of urea groups is 1. The van der Waals surface area contributed by atoms with E-state index in [2.05, 4.69) is 10.6 Å². The molecule has 2 atom stereocenters. The van der Waals surface area contributed by atoms with E-state index < -0.39 is 17.5 Å². The van der Waals surface area contributed by atoms with Crippen molar-refractivity contribution < 1.29 is 23.9 Å². The van der Waals surface area contributed by atoms with Crippen molar-refractivity contribution in [1.82, 2.24) is 15.5 Å². The molecular weight excluding hydrogens is 410 g/mol. The van der Waals surface area contributed by atoms with Crippen molar-refractivity contribution in [3.05, 3.63) is 59.2 Å². The van der Waals surface area contributed by atoms with E-state index in [1.165, 1.54) is 0 Å². The van der Waals surface area contributed by atoms with Gasteiger partial charge in [0.25, 0.3) is 5.91 Å². The number of benzene rings is 2. The van der Waals surface area contributed by atoms with E-state index in [-0.39, 0.29) is 25.3 Å². The van der Waals surface area contributed by atoms with Crippen LogP contribution >= 0.6 is 0 Å². The summed E-state index contributed by atoms with van der Waals surface area (Å²) in [7, 11) is 0. The second kappa shape index (κ2) is 7.85. The average molecular weight is 435 g/mol. The molecule has 1 saturated heterocycles. The van der Waals surface area contributed by atoms with Crippen LogP contribution in [0.4, 0.5) is 4.79 Å². The summed E-state index contributed by atoms with van der Waals surface area (Å²) in [5, 5.41) is 5.78. The number of amides is 4. The number of carbonyl (C=O) groups is 3. The number of carbonyl (C=O) groups excluding carboxylic acids is 3. The summed E-state index contributed by atoms with van der Waals surface area (Å²) in [6.45, 7) is 1.68. The number of nitrogens with one attached hydrogen (secondary N) is 2. The fourth-order valence-corrected chi connectivity index (χ4v) is 4.81. The van der Waals surface area contributed by atoms with Gasteiger partial charge in [-0.3, -0.25) is 14.5 Å². The Balaban J connectivity index is 1.31. The Morgan fingerprint density at radius 3 is 2.84 bits per heavy atom. The lowest BCUT2D eigenvalue weighted by atomic mass is 9.84. The molecule has 0 bridgehead atoms. The van der Waals surface area contributed by atoms with Gasteiger partial charge in [-0.1, -0.05) is 30.3 Å². The van der Waals surface area contributed by atoms with Gasteiger partial charge in [0.2, 0.25) is 12.7 Å². The molecule has 4 amide bonds. The Kier molecular flexibility index (Phi) is 5.00. The molecule has 2 heterocycles. The van der Waals surface area contributed by atoms with Crippen molar-refractivity contribution in [3.8, 4) is 11.5 Å². The first-order valence-electron chi connectivity index (χ1n) is 10.9. The van der Waals surface area contributed by atoms with Crippen LogP contribution in [0.1, 0.15) is 48.9 Å². The highest BCUT2D eigenvalue weighted by atomic mass is 16.7. The molecule has 8 heteroatoms. The molecule has 2 aliphatic heterocycles. The number of aryl methyl sites for hydroxylation is 1. The van der Waals surface area contributed by atoms with E-state index in [1.54, 1.807) is 6.07 Å². The number of imide groups is 1. The number of hydrogen-bond donors (Lipinski definition) is 2. The van der Waals surface area contributed by atoms with E-state index in [4.69, 9.17) is 9.47 Å². The van der Waals surface area contributed by atoms with Crippen molar-refractivity contribution in [3.63, 3.8) is 0 Å². The van der Waals surface area contributed by atoms with Crippen molar-refractivity contribution in [2.75, 3.05) is 13.3 Å². The predicted molar refractivity (Wildman–Crippen MR) is 115 cm³/mol. The fraction of sp³-hybridized carbons (Fsp3) is 0.375. The molecule has 0 unspecified atom stereocenters. The van der Waals surface area contributed by atoms with Gasteiger partial charge in [-0.15, -0.1) is 0 Å². The van der Waals surface area contributed by atoms with Crippen LogP contribution in [0.2, 0.25) is 0 Å². The summed E-state index contributed by atoms with van der Waals surface area (Å²) in [5.41, 5.74) is 1.66. The topological polar surface area (TPSA) is 97.0 Å². The summed E-state index contributed by atoms with van der Waals surface area (Å²) < 4.78 is 10.7. The van der Waals surface area contributed by atoms with Gasteiger partial charge in [0.05, 0.1) is 6.04 Å². The molecule has 1 spiro atoms. The van der Waals surface area contributed by atoms with Gasteiger partial charge < -0.3 is 20.1 Å². The summed E-state index contributed by atoms with van der Waals surface area (Å²) >= 11 is 0. The van der Waals surface area contributed by atoms with Crippen molar-refractivity contribution in [2.24, 2.45) is 0 Å². The Morgan fingerprint density at radius 2 is 1.97 bits per heavy atom. The molecule has 0 radical (unpaired) electrons. The number of rotatable bonds is 4. The molecule has 1 fully saturated rings. The zero-order chi connectivity index (χ0) is 22.3. The monoisotopic (exact) mass is 435 g/mol. The maximum Gasteiger partial charge on any atom is 0.325 e. The van der Waals surface area contributed by atoms with Gasteiger partial charge in [-0.05, 0) is 61.4 Å². The van der Waals surface area contributed by atoms with Crippen LogP contribution in [0, 0.1) is 0 Å². The van der Waals surface area contributed by atoms with Gasteiger partial charge in [-0.25, -0.2) is 4.79 Å². The Morgan fingerprint density at radius 1 is 1.16 bits per heavy atom. The van der Waals surface area contributed by atoms with E-state index in [9.17, 15) is 14.4 Å². The van der Waals surface area contributed by atoms with E-state index in [0.29, 0.717) is 17.9 Å². The lowest BCUT2D eigenvalue weighted by Crippen LogP contribution is -2.45. The summed E-state index contributed by atoms with van der Waals surface area (Å²) in [5.74, 6) is 0.535. The Hall–Kier alpha value is -3.55. The molecule has 166 valence electrons. The second-order valence-corrected chi connectivity index (χ2v) is 8.49. The minimum atomic E-state index is -1.09. The van der Waals surface area contributed by atoms with E-state index in [0.717, 1.165) is 40.9 Å². The Bertz CT molecular complexity index is 1100. The van der Waals surface area contributed by atoms with E-state index in [1.807, 2.05) is 43.3 Å².